The number of benzene rings is 2. The van der Waals surface area contributed by atoms with Gasteiger partial charge in [0.15, 0.2) is 11.6 Å². The van der Waals surface area contributed by atoms with Gasteiger partial charge in [-0.15, -0.1) is 0 Å². The second-order valence-electron chi connectivity index (χ2n) is 4.58. The van der Waals surface area contributed by atoms with Gasteiger partial charge in [0, 0.05) is 11.3 Å². The summed E-state index contributed by atoms with van der Waals surface area (Å²) >= 11 is 0. The van der Waals surface area contributed by atoms with Crippen molar-refractivity contribution in [1.29, 1.82) is 0 Å². The second kappa shape index (κ2) is 6.26. The predicted molar refractivity (Wildman–Crippen MR) is 77.7 cm³/mol. The van der Waals surface area contributed by atoms with Gasteiger partial charge in [-0.2, -0.15) is 0 Å². The molecule has 5 heteroatoms. The number of methoxy groups -OCH3 is 1. The van der Waals surface area contributed by atoms with Crippen molar-refractivity contribution in [3.8, 4) is 5.75 Å². The number of hydrogen-bond donors (Lipinski definition) is 1. The van der Waals surface area contributed by atoms with Crippen LogP contribution in [0.2, 0.25) is 0 Å². The smallest absolute Gasteiger partial charge is 0.338 e. The number of ether oxygens (including phenoxy) is 2. The Morgan fingerprint density at radius 2 is 2.05 bits per heavy atom. The van der Waals surface area contributed by atoms with Crippen molar-refractivity contribution in [2.24, 2.45) is 0 Å². The summed E-state index contributed by atoms with van der Waals surface area (Å²) in [5.74, 6) is -0.927. The monoisotopic (exact) mass is 289 g/mol. The Bertz CT molecular complexity index is 671. The van der Waals surface area contributed by atoms with E-state index in [1.54, 1.807) is 37.3 Å². The van der Waals surface area contributed by atoms with E-state index in [-0.39, 0.29) is 17.9 Å². The number of anilines is 1. The molecule has 110 valence electrons. The molecule has 2 rings (SSSR count). The van der Waals surface area contributed by atoms with Crippen LogP contribution in [-0.2, 0) is 11.3 Å². The summed E-state index contributed by atoms with van der Waals surface area (Å²) in [5.41, 5.74) is 7.58. The Morgan fingerprint density at radius 1 is 1.29 bits per heavy atom. The quantitative estimate of drug-likeness (QED) is 0.694. The summed E-state index contributed by atoms with van der Waals surface area (Å²) in [6.07, 6.45) is 0. The molecule has 2 N–H and O–H groups in total. The number of carbonyl (C=O) groups excluding carboxylic acids is 1. The van der Waals surface area contributed by atoms with Crippen LogP contribution in [0.1, 0.15) is 21.5 Å². The SMILES string of the molecule is COc1cccc(COC(=O)c2ccc(N)cc2C)c1F. The van der Waals surface area contributed by atoms with Gasteiger partial charge in [-0.1, -0.05) is 12.1 Å². The topological polar surface area (TPSA) is 61.5 Å². The number of carbonyl (C=O) groups is 1. The third kappa shape index (κ3) is 3.31. The molecule has 4 nitrogen and oxygen atoms in total. The van der Waals surface area contributed by atoms with Crippen LogP contribution in [0, 0.1) is 12.7 Å². The van der Waals surface area contributed by atoms with Crippen molar-refractivity contribution >= 4 is 11.7 Å². The summed E-state index contributed by atoms with van der Waals surface area (Å²) in [6, 6.07) is 9.58. The van der Waals surface area contributed by atoms with Crippen LogP contribution in [-0.4, -0.2) is 13.1 Å². The minimum Gasteiger partial charge on any atom is -0.494 e. The summed E-state index contributed by atoms with van der Waals surface area (Å²) in [5, 5.41) is 0. The molecule has 0 spiro atoms. The maximum atomic E-state index is 13.9. The molecule has 0 heterocycles. The lowest BCUT2D eigenvalue weighted by molar-refractivity contribution is 0.0467. The Balaban J connectivity index is 2.11. The molecular weight excluding hydrogens is 273 g/mol. The first-order valence-electron chi connectivity index (χ1n) is 6.37. The molecule has 2 aromatic rings. The van der Waals surface area contributed by atoms with Crippen molar-refractivity contribution in [2.45, 2.75) is 13.5 Å². The van der Waals surface area contributed by atoms with Crippen LogP contribution in [0.3, 0.4) is 0 Å². The van der Waals surface area contributed by atoms with Gasteiger partial charge < -0.3 is 15.2 Å². The molecule has 21 heavy (non-hydrogen) atoms. The van der Waals surface area contributed by atoms with Crippen LogP contribution >= 0.6 is 0 Å². The first kappa shape index (κ1) is 14.8. The zero-order valence-corrected chi connectivity index (χ0v) is 11.9. The van der Waals surface area contributed by atoms with E-state index in [2.05, 4.69) is 0 Å². The van der Waals surface area contributed by atoms with E-state index in [4.69, 9.17) is 15.2 Å². The molecule has 0 aromatic heterocycles. The molecule has 0 saturated carbocycles. The Labute approximate surface area is 122 Å². The Morgan fingerprint density at radius 3 is 2.71 bits per heavy atom. The number of hydrogen-bond acceptors (Lipinski definition) is 4. The highest BCUT2D eigenvalue weighted by Crippen LogP contribution is 2.21. The van der Waals surface area contributed by atoms with E-state index in [0.717, 1.165) is 0 Å². The van der Waals surface area contributed by atoms with Crippen LogP contribution in [0.15, 0.2) is 36.4 Å². The average Bonchev–Trinajstić information content (AvgIpc) is 2.46. The summed E-state index contributed by atoms with van der Waals surface area (Å²) in [6.45, 7) is 1.60. The molecule has 0 aliphatic heterocycles. The molecule has 0 aliphatic carbocycles. The maximum absolute atomic E-state index is 13.9. The van der Waals surface area contributed by atoms with E-state index < -0.39 is 11.8 Å². The highest BCUT2D eigenvalue weighted by molar-refractivity contribution is 5.91. The number of halogens is 1. The predicted octanol–water partition coefficient (Wildman–Crippen LogP) is 3.08. The Kier molecular flexibility index (Phi) is 4.42. The molecule has 2 aromatic carbocycles. The number of aryl methyl sites for hydroxylation is 1. The zero-order chi connectivity index (χ0) is 15.4. The first-order chi connectivity index (χ1) is 10.0. The van der Waals surface area contributed by atoms with Gasteiger partial charge in [-0.25, -0.2) is 9.18 Å². The summed E-state index contributed by atoms with van der Waals surface area (Å²) in [4.78, 5) is 12.0. The van der Waals surface area contributed by atoms with Crippen LogP contribution in [0.5, 0.6) is 5.75 Å². The number of nitrogens with two attached hydrogens (primary N) is 1. The van der Waals surface area contributed by atoms with Crippen molar-refractivity contribution in [3.63, 3.8) is 0 Å². The number of nitrogen functional groups attached to an aromatic ring is 1. The van der Waals surface area contributed by atoms with Crippen LogP contribution in [0.4, 0.5) is 10.1 Å². The van der Waals surface area contributed by atoms with Crippen molar-refractivity contribution in [2.75, 3.05) is 12.8 Å². The van der Waals surface area contributed by atoms with Gasteiger partial charge in [0.25, 0.3) is 0 Å². The van der Waals surface area contributed by atoms with Crippen molar-refractivity contribution in [1.82, 2.24) is 0 Å². The van der Waals surface area contributed by atoms with Crippen LogP contribution in [0.25, 0.3) is 0 Å². The highest BCUT2D eigenvalue weighted by Gasteiger charge is 2.13. The number of esters is 1. The lowest BCUT2D eigenvalue weighted by atomic mass is 10.1. The zero-order valence-electron chi connectivity index (χ0n) is 11.9. The van der Waals surface area contributed by atoms with Gasteiger partial charge in [-0.05, 0) is 36.8 Å². The fourth-order valence-electron chi connectivity index (χ4n) is 1.96. The molecule has 0 bridgehead atoms. The molecular formula is C16H16FNO3. The third-order valence-corrected chi connectivity index (χ3v) is 3.09. The molecule has 0 fully saturated rings. The third-order valence-electron chi connectivity index (χ3n) is 3.09. The van der Waals surface area contributed by atoms with Crippen molar-refractivity contribution < 1.29 is 18.7 Å². The van der Waals surface area contributed by atoms with E-state index in [9.17, 15) is 9.18 Å². The minimum absolute atomic E-state index is 0.118. The molecule has 0 atom stereocenters. The van der Waals surface area contributed by atoms with E-state index >= 15 is 0 Å². The standard InChI is InChI=1S/C16H16FNO3/c1-10-8-12(18)6-7-13(10)16(19)21-9-11-4-3-5-14(20-2)15(11)17/h3-8H,9,18H2,1-2H3. The number of rotatable bonds is 4. The Hall–Kier alpha value is -2.56. The largest absolute Gasteiger partial charge is 0.494 e. The second-order valence-corrected chi connectivity index (χ2v) is 4.58. The van der Waals surface area contributed by atoms with Gasteiger partial charge in [0.2, 0.25) is 0 Å². The normalized spacial score (nSPS) is 10.2. The molecule has 0 unspecified atom stereocenters. The summed E-state index contributed by atoms with van der Waals surface area (Å²) < 4.78 is 23.9. The fraction of sp³-hybridized carbons (Fsp3) is 0.188. The highest BCUT2D eigenvalue weighted by atomic mass is 19.1. The lowest BCUT2D eigenvalue weighted by Crippen LogP contribution is -2.08. The van der Waals surface area contributed by atoms with E-state index in [1.807, 2.05) is 0 Å². The van der Waals surface area contributed by atoms with E-state index in [0.29, 0.717) is 16.8 Å². The molecule has 0 aliphatic rings. The average molecular weight is 289 g/mol. The lowest BCUT2D eigenvalue weighted by Gasteiger charge is -2.10. The van der Waals surface area contributed by atoms with E-state index in [1.165, 1.54) is 13.2 Å². The fourth-order valence-corrected chi connectivity index (χ4v) is 1.96. The molecule has 0 radical (unpaired) electrons. The minimum atomic E-state index is -0.526. The molecule has 0 amide bonds. The van der Waals surface area contributed by atoms with Gasteiger partial charge in [0.05, 0.1) is 12.7 Å². The maximum Gasteiger partial charge on any atom is 0.338 e. The van der Waals surface area contributed by atoms with Gasteiger partial charge in [0.1, 0.15) is 6.61 Å². The van der Waals surface area contributed by atoms with Gasteiger partial charge in [-0.3, -0.25) is 0 Å². The first-order valence-corrected chi connectivity index (χ1v) is 6.37. The molecule has 0 saturated heterocycles. The summed E-state index contributed by atoms with van der Waals surface area (Å²) in [7, 11) is 1.38. The van der Waals surface area contributed by atoms with Crippen molar-refractivity contribution in [3.05, 3.63) is 58.9 Å². The van der Waals surface area contributed by atoms with Crippen LogP contribution < -0.4 is 10.5 Å². The van der Waals surface area contributed by atoms with Gasteiger partial charge >= 0.3 is 5.97 Å².